The summed E-state index contributed by atoms with van der Waals surface area (Å²) in [5, 5.41) is 2.60. The Bertz CT molecular complexity index is 443. The van der Waals surface area contributed by atoms with Crippen molar-refractivity contribution in [3.63, 3.8) is 0 Å². The third kappa shape index (κ3) is 4.29. The number of hydrogen-bond acceptors (Lipinski definition) is 2. The first kappa shape index (κ1) is 15.0. The molecule has 0 aliphatic heterocycles. The number of carbonyl (C=O) groups is 1. The van der Waals surface area contributed by atoms with Gasteiger partial charge in [0.2, 0.25) is 0 Å². The number of benzene rings is 1. The number of rotatable bonds is 2. The molecule has 1 aromatic rings. The van der Waals surface area contributed by atoms with Crippen molar-refractivity contribution in [2.45, 2.75) is 39.3 Å². The van der Waals surface area contributed by atoms with E-state index in [1.165, 1.54) is 0 Å². The van der Waals surface area contributed by atoms with E-state index >= 15 is 0 Å². The van der Waals surface area contributed by atoms with Crippen molar-refractivity contribution in [2.75, 3.05) is 0 Å². The molecule has 0 aliphatic carbocycles. The van der Waals surface area contributed by atoms with Crippen molar-refractivity contribution in [2.24, 2.45) is 0 Å². The van der Waals surface area contributed by atoms with Crippen molar-refractivity contribution >= 4 is 22.0 Å². The number of nitrogens with one attached hydrogen (secondary N) is 1. The molecule has 0 spiro atoms. The first-order valence-corrected chi connectivity index (χ1v) is 6.43. The molecule has 1 aromatic carbocycles. The predicted octanol–water partition coefficient (Wildman–Crippen LogP) is 4.17. The van der Waals surface area contributed by atoms with Crippen LogP contribution in [0.2, 0.25) is 0 Å². The largest absolute Gasteiger partial charge is 0.444 e. The van der Waals surface area contributed by atoms with Gasteiger partial charge in [0.05, 0.1) is 10.5 Å². The van der Waals surface area contributed by atoms with Crippen LogP contribution in [0.4, 0.5) is 9.18 Å². The number of ether oxygens (including phenoxy) is 1. The fourth-order valence-electron chi connectivity index (χ4n) is 1.42. The van der Waals surface area contributed by atoms with Gasteiger partial charge in [0.1, 0.15) is 11.4 Å². The van der Waals surface area contributed by atoms with Gasteiger partial charge in [-0.3, -0.25) is 0 Å². The average Bonchev–Trinajstić information content (AvgIpc) is 2.18. The van der Waals surface area contributed by atoms with Crippen LogP contribution >= 0.6 is 15.9 Å². The second-order valence-electron chi connectivity index (χ2n) is 5.01. The van der Waals surface area contributed by atoms with Gasteiger partial charge in [0.15, 0.2) is 0 Å². The minimum absolute atomic E-state index is 0.373. The van der Waals surface area contributed by atoms with Gasteiger partial charge in [-0.15, -0.1) is 0 Å². The Morgan fingerprint density at radius 2 is 2.06 bits per heavy atom. The van der Waals surface area contributed by atoms with Gasteiger partial charge >= 0.3 is 6.09 Å². The molecule has 0 aliphatic rings. The predicted molar refractivity (Wildman–Crippen MR) is 71.9 cm³/mol. The molecule has 0 heterocycles. The third-order valence-corrected chi connectivity index (χ3v) is 2.79. The molecular formula is C13H17BrFNO2. The SMILES string of the molecule is CC(NC(=O)OC(C)(C)C)c1cccc(Br)c1F. The van der Waals surface area contributed by atoms with Crippen molar-refractivity contribution in [1.29, 1.82) is 0 Å². The fourth-order valence-corrected chi connectivity index (χ4v) is 1.80. The Morgan fingerprint density at radius 3 is 2.61 bits per heavy atom. The highest BCUT2D eigenvalue weighted by Crippen LogP contribution is 2.23. The van der Waals surface area contributed by atoms with Gasteiger partial charge in [-0.1, -0.05) is 12.1 Å². The van der Waals surface area contributed by atoms with Gasteiger partial charge < -0.3 is 10.1 Å². The zero-order chi connectivity index (χ0) is 13.9. The van der Waals surface area contributed by atoms with Crippen molar-refractivity contribution < 1.29 is 13.9 Å². The van der Waals surface area contributed by atoms with Gasteiger partial charge in [0.25, 0.3) is 0 Å². The Labute approximate surface area is 115 Å². The van der Waals surface area contributed by atoms with Gasteiger partial charge in [-0.2, -0.15) is 0 Å². The number of amides is 1. The molecule has 1 unspecified atom stereocenters. The monoisotopic (exact) mass is 317 g/mol. The number of carbonyl (C=O) groups excluding carboxylic acids is 1. The molecule has 18 heavy (non-hydrogen) atoms. The van der Waals surface area contributed by atoms with Crippen LogP contribution in [0.5, 0.6) is 0 Å². The summed E-state index contributed by atoms with van der Waals surface area (Å²) in [5.74, 6) is -0.374. The summed E-state index contributed by atoms with van der Waals surface area (Å²) in [5.41, 5.74) is -0.158. The Morgan fingerprint density at radius 1 is 1.44 bits per heavy atom. The third-order valence-electron chi connectivity index (χ3n) is 2.18. The topological polar surface area (TPSA) is 38.3 Å². The standard InChI is InChI=1S/C13H17BrFNO2/c1-8(16-12(17)18-13(2,3)4)9-6-5-7-10(14)11(9)15/h5-8H,1-4H3,(H,16,17). The summed E-state index contributed by atoms with van der Waals surface area (Å²) in [4.78, 5) is 11.6. The highest BCUT2D eigenvalue weighted by atomic mass is 79.9. The van der Waals surface area contributed by atoms with E-state index in [1.807, 2.05) is 0 Å². The lowest BCUT2D eigenvalue weighted by molar-refractivity contribution is 0.0507. The molecule has 0 bridgehead atoms. The van der Waals surface area contributed by atoms with E-state index in [4.69, 9.17) is 4.74 Å². The van der Waals surface area contributed by atoms with Crippen molar-refractivity contribution in [1.82, 2.24) is 5.32 Å². The summed E-state index contributed by atoms with van der Waals surface area (Å²) in [6, 6.07) is 4.49. The number of hydrogen-bond donors (Lipinski definition) is 1. The fraction of sp³-hybridized carbons (Fsp3) is 0.462. The summed E-state index contributed by atoms with van der Waals surface area (Å²) in [7, 11) is 0. The van der Waals surface area contributed by atoms with Crippen LogP contribution < -0.4 is 5.32 Å². The normalized spacial score (nSPS) is 13.0. The minimum atomic E-state index is -0.570. The van der Waals surface area contributed by atoms with Gasteiger partial charge in [-0.25, -0.2) is 9.18 Å². The first-order chi connectivity index (χ1) is 8.20. The molecule has 1 rings (SSSR count). The molecule has 1 amide bonds. The van der Waals surface area contributed by atoms with Crippen molar-refractivity contribution in [3.8, 4) is 0 Å². The zero-order valence-electron chi connectivity index (χ0n) is 10.9. The number of alkyl carbamates (subject to hydrolysis) is 1. The quantitative estimate of drug-likeness (QED) is 0.888. The van der Waals surface area contributed by atoms with Gasteiger partial charge in [0, 0.05) is 5.56 Å². The Balaban J connectivity index is 2.74. The van der Waals surface area contributed by atoms with Crippen LogP contribution in [-0.2, 0) is 4.74 Å². The van der Waals surface area contributed by atoms with E-state index in [2.05, 4.69) is 21.2 Å². The van der Waals surface area contributed by atoms with E-state index in [0.717, 1.165) is 0 Å². The molecular weight excluding hydrogens is 301 g/mol. The highest BCUT2D eigenvalue weighted by Gasteiger charge is 2.20. The molecule has 100 valence electrons. The molecule has 3 nitrogen and oxygen atoms in total. The molecule has 1 atom stereocenters. The molecule has 0 radical (unpaired) electrons. The second-order valence-corrected chi connectivity index (χ2v) is 5.87. The van der Waals surface area contributed by atoms with Crippen molar-refractivity contribution in [3.05, 3.63) is 34.1 Å². The van der Waals surface area contributed by atoms with Crippen LogP contribution in [0.15, 0.2) is 22.7 Å². The maximum Gasteiger partial charge on any atom is 0.408 e. The van der Waals surface area contributed by atoms with E-state index in [1.54, 1.807) is 45.9 Å². The zero-order valence-corrected chi connectivity index (χ0v) is 12.5. The minimum Gasteiger partial charge on any atom is -0.444 e. The Hall–Kier alpha value is -1.10. The van der Waals surface area contributed by atoms with Gasteiger partial charge in [-0.05, 0) is 49.7 Å². The van der Waals surface area contributed by atoms with E-state index in [0.29, 0.717) is 10.0 Å². The lowest BCUT2D eigenvalue weighted by Gasteiger charge is -2.22. The molecule has 0 saturated carbocycles. The molecule has 5 heteroatoms. The van der Waals surface area contributed by atoms with E-state index < -0.39 is 17.7 Å². The van der Waals surface area contributed by atoms with Crippen LogP contribution in [0, 0.1) is 5.82 Å². The first-order valence-electron chi connectivity index (χ1n) is 5.64. The van der Waals surface area contributed by atoms with Crippen LogP contribution in [-0.4, -0.2) is 11.7 Å². The molecule has 0 fully saturated rings. The lowest BCUT2D eigenvalue weighted by Crippen LogP contribution is -2.34. The smallest absolute Gasteiger partial charge is 0.408 e. The molecule has 0 aromatic heterocycles. The summed E-state index contributed by atoms with van der Waals surface area (Å²) in [6.07, 6.45) is -0.561. The molecule has 0 saturated heterocycles. The maximum atomic E-state index is 13.8. The lowest BCUT2D eigenvalue weighted by atomic mass is 10.1. The summed E-state index contributed by atoms with van der Waals surface area (Å²) < 4.78 is 19.3. The van der Waals surface area contributed by atoms with Crippen LogP contribution in [0.25, 0.3) is 0 Å². The summed E-state index contributed by atoms with van der Waals surface area (Å²) >= 11 is 3.11. The number of halogens is 2. The van der Waals surface area contributed by atoms with Crippen LogP contribution in [0.3, 0.4) is 0 Å². The van der Waals surface area contributed by atoms with E-state index in [9.17, 15) is 9.18 Å². The Kier molecular flexibility index (Phi) is 4.73. The summed E-state index contributed by atoms with van der Waals surface area (Å²) in [6.45, 7) is 7.03. The highest BCUT2D eigenvalue weighted by molar-refractivity contribution is 9.10. The molecule has 1 N–H and O–H groups in total. The van der Waals surface area contributed by atoms with E-state index in [-0.39, 0.29) is 5.82 Å². The second kappa shape index (κ2) is 5.69. The maximum absolute atomic E-state index is 13.8. The average molecular weight is 318 g/mol. The van der Waals surface area contributed by atoms with Crippen LogP contribution in [0.1, 0.15) is 39.3 Å².